The average molecular weight is 235 g/mol. The van der Waals surface area contributed by atoms with E-state index in [9.17, 15) is 4.79 Å². The molecule has 3 rings (SSSR count). The molecule has 0 radical (unpaired) electrons. The van der Waals surface area contributed by atoms with Crippen molar-refractivity contribution in [3.05, 3.63) is 0 Å². The summed E-state index contributed by atoms with van der Waals surface area (Å²) in [7, 11) is 0. The lowest BCUT2D eigenvalue weighted by atomic mass is 9.75. The number of rotatable bonds is 2. The molecule has 1 spiro atoms. The molecule has 0 bridgehead atoms. The number of carbonyl (C=O) groups is 1. The Morgan fingerprint density at radius 1 is 1.47 bits per heavy atom. The molecule has 1 aliphatic heterocycles. The Kier molecular flexibility index (Phi) is 2.42. The van der Waals surface area contributed by atoms with E-state index in [1.807, 2.05) is 4.90 Å². The molecule has 3 fully saturated rings. The molecule has 94 valence electrons. The van der Waals surface area contributed by atoms with Crippen LogP contribution < -0.4 is 5.32 Å². The topological polar surface area (TPSA) is 56.2 Å². The molecule has 1 heterocycles. The van der Waals surface area contributed by atoms with Gasteiger partial charge in [-0.1, -0.05) is 19.8 Å². The lowest BCUT2D eigenvalue weighted by Gasteiger charge is -2.42. The highest BCUT2D eigenvalue weighted by molar-refractivity contribution is 6.08. The van der Waals surface area contributed by atoms with Crippen LogP contribution in [-0.2, 0) is 0 Å². The largest absolute Gasteiger partial charge is 0.323 e. The van der Waals surface area contributed by atoms with Crippen molar-refractivity contribution in [2.24, 2.45) is 11.8 Å². The van der Waals surface area contributed by atoms with Crippen molar-refractivity contribution >= 4 is 11.9 Å². The molecule has 0 aromatic carbocycles. The number of hydrogen-bond acceptors (Lipinski definition) is 2. The minimum atomic E-state index is -0.280. The van der Waals surface area contributed by atoms with Gasteiger partial charge in [0.2, 0.25) is 0 Å². The Labute approximate surface area is 102 Å². The maximum Gasteiger partial charge on any atom is 0.323 e. The van der Waals surface area contributed by atoms with Crippen molar-refractivity contribution in [1.29, 1.82) is 5.41 Å². The van der Waals surface area contributed by atoms with E-state index in [1.54, 1.807) is 0 Å². The third kappa shape index (κ3) is 1.74. The molecule has 4 nitrogen and oxygen atoms in total. The Morgan fingerprint density at radius 2 is 2.24 bits per heavy atom. The predicted molar refractivity (Wildman–Crippen MR) is 66.1 cm³/mol. The van der Waals surface area contributed by atoms with Gasteiger partial charge in [-0.3, -0.25) is 10.7 Å². The molecule has 2 atom stereocenters. The zero-order valence-electron chi connectivity index (χ0n) is 10.5. The highest BCUT2D eigenvalue weighted by Gasteiger charge is 2.52. The molecular formula is C13H21N3O. The summed E-state index contributed by atoms with van der Waals surface area (Å²) in [5, 5.41) is 10.9. The second kappa shape index (κ2) is 3.72. The first-order valence-corrected chi connectivity index (χ1v) is 6.79. The molecule has 2 amide bonds. The minimum absolute atomic E-state index is 0.0315. The predicted octanol–water partition coefficient (Wildman–Crippen LogP) is 2.35. The van der Waals surface area contributed by atoms with Crippen LogP contribution in [0.3, 0.4) is 0 Å². The van der Waals surface area contributed by atoms with Crippen LogP contribution in [-0.4, -0.2) is 28.9 Å². The highest BCUT2D eigenvalue weighted by atomic mass is 16.2. The molecule has 0 aromatic heterocycles. The normalized spacial score (nSPS) is 37.7. The Bertz CT molecular complexity index is 364. The fraction of sp³-hybridized carbons (Fsp3) is 0.846. The summed E-state index contributed by atoms with van der Waals surface area (Å²) in [5.74, 6) is 1.77. The SMILES string of the molecule is CC1CCCC2(C1)C(=N)NC(=O)N2CC1CC1. The van der Waals surface area contributed by atoms with Crippen molar-refractivity contribution in [3.63, 3.8) is 0 Å². The lowest BCUT2D eigenvalue weighted by Crippen LogP contribution is -2.52. The number of amides is 2. The molecule has 2 unspecified atom stereocenters. The molecule has 2 N–H and O–H groups in total. The summed E-state index contributed by atoms with van der Waals surface area (Å²) in [6, 6.07) is -0.0315. The van der Waals surface area contributed by atoms with Crippen molar-refractivity contribution in [1.82, 2.24) is 10.2 Å². The van der Waals surface area contributed by atoms with E-state index >= 15 is 0 Å². The second-order valence-corrected chi connectivity index (χ2v) is 6.09. The van der Waals surface area contributed by atoms with E-state index in [-0.39, 0.29) is 11.6 Å². The monoisotopic (exact) mass is 235 g/mol. The zero-order chi connectivity index (χ0) is 12.0. The van der Waals surface area contributed by atoms with Crippen molar-refractivity contribution in [3.8, 4) is 0 Å². The van der Waals surface area contributed by atoms with Crippen LogP contribution in [0.4, 0.5) is 4.79 Å². The summed E-state index contributed by atoms with van der Waals surface area (Å²) in [5.41, 5.74) is -0.280. The number of nitrogens with zero attached hydrogens (tertiary/aromatic N) is 1. The molecule has 2 aliphatic carbocycles. The molecule has 3 aliphatic rings. The molecule has 1 saturated heterocycles. The fourth-order valence-electron chi connectivity index (χ4n) is 3.43. The second-order valence-electron chi connectivity index (χ2n) is 6.09. The molecule has 17 heavy (non-hydrogen) atoms. The van der Waals surface area contributed by atoms with E-state index in [4.69, 9.17) is 5.41 Å². The first-order chi connectivity index (χ1) is 8.12. The molecule has 2 saturated carbocycles. The Hall–Kier alpha value is -1.06. The van der Waals surface area contributed by atoms with Gasteiger partial charge in [-0.15, -0.1) is 0 Å². The van der Waals surface area contributed by atoms with Gasteiger partial charge in [0.25, 0.3) is 0 Å². The van der Waals surface area contributed by atoms with Crippen molar-refractivity contribution in [2.45, 2.75) is 51.0 Å². The fourth-order valence-corrected chi connectivity index (χ4v) is 3.43. The third-order valence-electron chi connectivity index (χ3n) is 4.57. The number of carbonyl (C=O) groups excluding carboxylic acids is 1. The van der Waals surface area contributed by atoms with Crippen LogP contribution in [0.5, 0.6) is 0 Å². The Balaban J connectivity index is 1.86. The standard InChI is InChI=1S/C13H21N3O/c1-9-3-2-6-13(7-9)11(14)15-12(17)16(13)8-10-4-5-10/h9-10H,2-8H2,1H3,(H2,14,15,17). The quantitative estimate of drug-likeness (QED) is 0.758. The smallest absolute Gasteiger partial charge is 0.311 e. The molecule has 0 aromatic rings. The van der Waals surface area contributed by atoms with Crippen LogP contribution in [0, 0.1) is 17.2 Å². The average Bonchev–Trinajstić information content (AvgIpc) is 3.05. The maximum atomic E-state index is 12.0. The first kappa shape index (κ1) is 11.1. The Morgan fingerprint density at radius 3 is 2.88 bits per heavy atom. The summed E-state index contributed by atoms with van der Waals surface area (Å²) in [4.78, 5) is 14.0. The maximum absolute atomic E-state index is 12.0. The number of urea groups is 1. The summed E-state index contributed by atoms with van der Waals surface area (Å²) < 4.78 is 0. The van der Waals surface area contributed by atoms with Gasteiger partial charge in [0, 0.05) is 6.54 Å². The van der Waals surface area contributed by atoms with Gasteiger partial charge in [0.05, 0.1) is 0 Å². The van der Waals surface area contributed by atoms with E-state index in [1.165, 1.54) is 19.3 Å². The number of amidine groups is 1. The summed E-state index contributed by atoms with van der Waals surface area (Å²) >= 11 is 0. The van der Waals surface area contributed by atoms with Crippen molar-refractivity contribution < 1.29 is 4.79 Å². The number of nitrogens with one attached hydrogen (secondary N) is 2. The molecular weight excluding hydrogens is 214 g/mol. The van der Waals surface area contributed by atoms with Crippen LogP contribution in [0.25, 0.3) is 0 Å². The van der Waals surface area contributed by atoms with Crippen LogP contribution in [0.15, 0.2) is 0 Å². The van der Waals surface area contributed by atoms with Gasteiger partial charge < -0.3 is 4.90 Å². The summed E-state index contributed by atoms with van der Waals surface area (Å²) in [6.45, 7) is 3.10. The van der Waals surface area contributed by atoms with E-state index in [2.05, 4.69) is 12.2 Å². The highest BCUT2D eigenvalue weighted by Crippen LogP contribution is 2.42. The molecule has 4 heteroatoms. The van der Waals surface area contributed by atoms with Crippen LogP contribution in [0.1, 0.15) is 45.4 Å². The lowest BCUT2D eigenvalue weighted by molar-refractivity contribution is 0.123. The van der Waals surface area contributed by atoms with Gasteiger partial charge in [-0.2, -0.15) is 0 Å². The van der Waals surface area contributed by atoms with Gasteiger partial charge >= 0.3 is 6.03 Å². The van der Waals surface area contributed by atoms with E-state index < -0.39 is 0 Å². The zero-order valence-corrected chi connectivity index (χ0v) is 10.5. The van der Waals surface area contributed by atoms with Gasteiger partial charge in [-0.05, 0) is 37.5 Å². The van der Waals surface area contributed by atoms with Gasteiger partial charge in [-0.25, -0.2) is 4.79 Å². The van der Waals surface area contributed by atoms with Crippen molar-refractivity contribution in [2.75, 3.05) is 6.54 Å². The van der Waals surface area contributed by atoms with Gasteiger partial charge in [0.1, 0.15) is 11.4 Å². The van der Waals surface area contributed by atoms with Crippen LogP contribution in [0.2, 0.25) is 0 Å². The van der Waals surface area contributed by atoms with E-state index in [0.717, 1.165) is 25.8 Å². The summed E-state index contributed by atoms with van der Waals surface area (Å²) in [6.07, 6.45) is 6.82. The third-order valence-corrected chi connectivity index (χ3v) is 4.57. The van der Waals surface area contributed by atoms with Crippen LogP contribution >= 0.6 is 0 Å². The van der Waals surface area contributed by atoms with E-state index in [0.29, 0.717) is 17.7 Å². The van der Waals surface area contributed by atoms with Gasteiger partial charge in [0.15, 0.2) is 0 Å². The first-order valence-electron chi connectivity index (χ1n) is 6.79. The number of hydrogen-bond donors (Lipinski definition) is 2. The minimum Gasteiger partial charge on any atom is -0.311 e.